The molecule has 0 radical (unpaired) electrons. The summed E-state index contributed by atoms with van der Waals surface area (Å²) in [5, 5.41) is 4.20. The molecule has 1 aliphatic rings. The van der Waals surface area contributed by atoms with E-state index in [2.05, 4.69) is 38.2 Å². The van der Waals surface area contributed by atoms with Crippen molar-refractivity contribution in [2.45, 2.75) is 19.0 Å². The fraction of sp³-hybridized carbons (Fsp3) is 0.312. The highest BCUT2D eigenvalue weighted by molar-refractivity contribution is 6.31. The summed E-state index contributed by atoms with van der Waals surface area (Å²) in [4.78, 5) is 15.8. The molecule has 118 valence electrons. The van der Waals surface area contributed by atoms with Gasteiger partial charge in [-0.05, 0) is 30.7 Å². The number of nitrogens with zero attached hydrogens (tertiary/aromatic N) is 3. The largest absolute Gasteiger partial charge is 0.378 e. The summed E-state index contributed by atoms with van der Waals surface area (Å²) in [6, 6.07) is 6.40. The van der Waals surface area contributed by atoms with Crippen LogP contribution in [0.15, 0.2) is 30.9 Å². The van der Waals surface area contributed by atoms with Crippen LogP contribution in [0, 0.1) is 0 Å². The summed E-state index contributed by atoms with van der Waals surface area (Å²) < 4.78 is 5.64. The van der Waals surface area contributed by atoms with Gasteiger partial charge in [-0.3, -0.25) is 0 Å². The number of aromatic nitrogens is 4. The Hall–Kier alpha value is -2.02. The molecule has 1 fully saturated rings. The van der Waals surface area contributed by atoms with Gasteiger partial charge in [0, 0.05) is 16.6 Å². The minimum atomic E-state index is 0.121. The van der Waals surface area contributed by atoms with E-state index in [-0.39, 0.29) is 6.04 Å². The van der Waals surface area contributed by atoms with E-state index in [1.807, 2.05) is 12.1 Å². The Morgan fingerprint density at radius 3 is 2.96 bits per heavy atom. The lowest BCUT2D eigenvalue weighted by Crippen LogP contribution is -2.41. The number of morpholine rings is 1. The van der Waals surface area contributed by atoms with Crippen LogP contribution in [0.2, 0.25) is 5.02 Å². The number of halogens is 1. The van der Waals surface area contributed by atoms with Crippen LogP contribution in [-0.2, 0) is 4.74 Å². The molecule has 0 spiro atoms. The van der Waals surface area contributed by atoms with Crippen LogP contribution in [0.5, 0.6) is 0 Å². The molecule has 0 amide bonds. The topological polar surface area (TPSA) is 75.7 Å². The molecular weight excluding hydrogens is 314 g/mol. The molecule has 0 saturated carbocycles. The number of benzene rings is 1. The molecule has 4 rings (SSSR count). The molecule has 2 aromatic heterocycles. The van der Waals surface area contributed by atoms with Gasteiger partial charge in [0.2, 0.25) is 0 Å². The maximum Gasteiger partial charge on any atom is 0.181 e. The summed E-state index contributed by atoms with van der Waals surface area (Å²) in [6.07, 6.45) is 3.13. The lowest BCUT2D eigenvalue weighted by Gasteiger charge is -2.29. The Bertz CT molecular complexity index is 849. The first-order valence-corrected chi connectivity index (χ1v) is 7.87. The van der Waals surface area contributed by atoms with E-state index in [1.54, 1.807) is 6.33 Å². The lowest BCUT2D eigenvalue weighted by molar-refractivity contribution is 0.0504. The van der Waals surface area contributed by atoms with Crippen LogP contribution in [0.3, 0.4) is 0 Å². The number of ether oxygens (including phenoxy) is 1. The summed E-state index contributed by atoms with van der Waals surface area (Å²) >= 11 is 6.34. The van der Waals surface area contributed by atoms with Gasteiger partial charge in [-0.2, -0.15) is 0 Å². The zero-order valence-electron chi connectivity index (χ0n) is 12.6. The van der Waals surface area contributed by atoms with Gasteiger partial charge in [0.05, 0.1) is 31.3 Å². The maximum atomic E-state index is 6.34. The standard InChI is InChI=1S/C16H16ClN5O/c1-9-5-23-6-13(22-9)10-2-11(4-12(17)3-10)14-15-16(20-7-18-14)21-8-19-15/h2-4,7-9,13,22H,5-6H2,1H3,(H,18,19,20,21)/t9-,13+/m1/s1. The van der Waals surface area contributed by atoms with Crippen molar-refractivity contribution in [3.63, 3.8) is 0 Å². The van der Waals surface area contributed by atoms with Crippen molar-refractivity contribution >= 4 is 22.8 Å². The maximum absolute atomic E-state index is 6.34. The minimum Gasteiger partial charge on any atom is -0.378 e. The van der Waals surface area contributed by atoms with E-state index in [9.17, 15) is 0 Å². The van der Waals surface area contributed by atoms with Crippen LogP contribution < -0.4 is 5.32 Å². The van der Waals surface area contributed by atoms with Gasteiger partial charge in [0.1, 0.15) is 11.8 Å². The Kier molecular flexibility index (Phi) is 3.72. The molecular formula is C16H16ClN5O. The normalized spacial score (nSPS) is 21.7. The van der Waals surface area contributed by atoms with Crippen LogP contribution >= 0.6 is 11.6 Å². The summed E-state index contributed by atoms with van der Waals surface area (Å²) in [7, 11) is 0. The van der Waals surface area contributed by atoms with Gasteiger partial charge in [0.25, 0.3) is 0 Å². The first-order valence-electron chi connectivity index (χ1n) is 7.49. The summed E-state index contributed by atoms with van der Waals surface area (Å²) in [5.74, 6) is 0. The number of imidazole rings is 1. The summed E-state index contributed by atoms with van der Waals surface area (Å²) in [6.45, 7) is 3.47. The monoisotopic (exact) mass is 329 g/mol. The highest BCUT2D eigenvalue weighted by Gasteiger charge is 2.21. The fourth-order valence-electron chi connectivity index (χ4n) is 2.93. The van der Waals surface area contributed by atoms with Gasteiger partial charge in [0.15, 0.2) is 5.65 Å². The van der Waals surface area contributed by atoms with Crippen molar-refractivity contribution in [2.24, 2.45) is 0 Å². The first kappa shape index (κ1) is 14.6. The average molecular weight is 330 g/mol. The number of hydrogen-bond donors (Lipinski definition) is 2. The highest BCUT2D eigenvalue weighted by Crippen LogP contribution is 2.30. The lowest BCUT2D eigenvalue weighted by atomic mass is 10.0. The third kappa shape index (κ3) is 2.81. The number of aromatic amines is 1. The van der Waals surface area contributed by atoms with Crippen molar-refractivity contribution in [2.75, 3.05) is 13.2 Å². The van der Waals surface area contributed by atoms with E-state index >= 15 is 0 Å². The molecule has 7 heteroatoms. The van der Waals surface area contributed by atoms with Crippen molar-refractivity contribution < 1.29 is 4.74 Å². The van der Waals surface area contributed by atoms with E-state index in [0.29, 0.717) is 23.3 Å². The zero-order chi connectivity index (χ0) is 15.8. The van der Waals surface area contributed by atoms with Crippen LogP contribution in [0.25, 0.3) is 22.4 Å². The van der Waals surface area contributed by atoms with Gasteiger partial charge in [-0.1, -0.05) is 11.6 Å². The van der Waals surface area contributed by atoms with Crippen LogP contribution in [0.1, 0.15) is 18.5 Å². The number of fused-ring (bicyclic) bond motifs is 1. The molecule has 0 aliphatic carbocycles. The predicted octanol–water partition coefficient (Wildman–Crippen LogP) is 2.72. The molecule has 3 heterocycles. The van der Waals surface area contributed by atoms with E-state index in [0.717, 1.165) is 28.9 Å². The Balaban J connectivity index is 1.79. The molecule has 1 aliphatic heterocycles. The van der Waals surface area contributed by atoms with Crippen molar-refractivity contribution in [1.82, 2.24) is 25.3 Å². The quantitative estimate of drug-likeness (QED) is 0.756. The molecule has 0 unspecified atom stereocenters. The molecule has 2 N–H and O–H groups in total. The van der Waals surface area contributed by atoms with Gasteiger partial charge >= 0.3 is 0 Å². The van der Waals surface area contributed by atoms with Gasteiger partial charge in [-0.25, -0.2) is 15.0 Å². The van der Waals surface area contributed by atoms with Gasteiger partial charge in [-0.15, -0.1) is 0 Å². The molecule has 1 saturated heterocycles. The molecule has 1 aromatic carbocycles. The fourth-order valence-corrected chi connectivity index (χ4v) is 3.17. The minimum absolute atomic E-state index is 0.121. The molecule has 3 aromatic rings. The smallest absolute Gasteiger partial charge is 0.181 e. The second-order valence-corrected chi connectivity index (χ2v) is 6.19. The Morgan fingerprint density at radius 1 is 1.17 bits per heavy atom. The third-order valence-electron chi connectivity index (χ3n) is 3.96. The van der Waals surface area contributed by atoms with E-state index in [4.69, 9.17) is 16.3 Å². The van der Waals surface area contributed by atoms with Crippen molar-refractivity contribution in [3.05, 3.63) is 41.4 Å². The van der Waals surface area contributed by atoms with Gasteiger partial charge < -0.3 is 15.0 Å². The highest BCUT2D eigenvalue weighted by atomic mass is 35.5. The van der Waals surface area contributed by atoms with Crippen LogP contribution in [0.4, 0.5) is 0 Å². The Morgan fingerprint density at radius 2 is 2.09 bits per heavy atom. The zero-order valence-corrected chi connectivity index (χ0v) is 13.3. The number of rotatable bonds is 2. The van der Waals surface area contributed by atoms with Crippen LogP contribution in [-0.4, -0.2) is 39.2 Å². The average Bonchev–Trinajstić information content (AvgIpc) is 3.03. The summed E-state index contributed by atoms with van der Waals surface area (Å²) in [5.41, 5.74) is 4.27. The second kappa shape index (κ2) is 5.88. The molecule has 23 heavy (non-hydrogen) atoms. The first-order chi connectivity index (χ1) is 11.2. The number of H-pyrrole nitrogens is 1. The van der Waals surface area contributed by atoms with E-state index in [1.165, 1.54) is 6.33 Å². The number of hydrogen-bond acceptors (Lipinski definition) is 5. The molecule has 6 nitrogen and oxygen atoms in total. The van der Waals surface area contributed by atoms with Crippen molar-refractivity contribution in [3.8, 4) is 11.3 Å². The molecule has 2 atom stereocenters. The van der Waals surface area contributed by atoms with E-state index < -0.39 is 0 Å². The Labute approximate surface area is 138 Å². The second-order valence-electron chi connectivity index (χ2n) is 5.75. The molecule has 0 bridgehead atoms. The SMILES string of the molecule is C[C@@H]1COC[C@@H](c2cc(Cl)cc(-c3ncnc4nc[nH]c34)c2)N1. The predicted molar refractivity (Wildman–Crippen MR) is 88.3 cm³/mol. The number of nitrogens with one attached hydrogen (secondary N) is 2. The third-order valence-corrected chi connectivity index (χ3v) is 4.18. The van der Waals surface area contributed by atoms with Crippen molar-refractivity contribution in [1.29, 1.82) is 0 Å².